The van der Waals surface area contributed by atoms with E-state index in [9.17, 15) is 5.11 Å². The number of anilines is 1. The first-order valence-electron chi connectivity index (χ1n) is 9.30. The average Bonchev–Trinajstić information content (AvgIpc) is 3.06. The molecular formula is C23H22ClN3O. The van der Waals surface area contributed by atoms with Crippen LogP contribution in [-0.4, -0.2) is 14.7 Å². The van der Waals surface area contributed by atoms with E-state index in [1.165, 1.54) is 5.56 Å². The summed E-state index contributed by atoms with van der Waals surface area (Å²) in [6.07, 6.45) is 0. The molecule has 0 radical (unpaired) electrons. The third kappa shape index (κ3) is 3.88. The van der Waals surface area contributed by atoms with Gasteiger partial charge in [0.15, 0.2) is 0 Å². The summed E-state index contributed by atoms with van der Waals surface area (Å²) in [4.78, 5) is 4.87. The monoisotopic (exact) mass is 391 g/mol. The van der Waals surface area contributed by atoms with Gasteiger partial charge in [-0.2, -0.15) is 0 Å². The Labute approximate surface area is 169 Å². The molecule has 0 saturated carbocycles. The summed E-state index contributed by atoms with van der Waals surface area (Å²) < 4.78 is 2.23. The molecule has 0 aliphatic carbocycles. The third-order valence-corrected chi connectivity index (χ3v) is 5.04. The maximum atomic E-state index is 9.39. The second kappa shape index (κ2) is 8.05. The molecule has 142 valence electrons. The SMILES string of the molecule is C[C@H](Nc1cccc(CO)c1)c1nc2cc(Cl)ccc2n1Cc1ccccc1. The van der Waals surface area contributed by atoms with Crippen LogP contribution in [0.3, 0.4) is 0 Å². The number of hydrogen-bond donors (Lipinski definition) is 2. The van der Waals surface area contributed by atoms with E-state index in [0.717, 1.165) is 34.7 Å². The molecule has 5 heteroatoms. The minimum atomic E-state index is -0.0242. The number of benzene rings is 3. The summed E-state index contributed by atoms with van der Waals surface area (Å²) in [7, 11) is 0. The maximum Gasteiger partial charge on any atom is 0.132 e. The molecule has 28 heavy (non-hydrogen) atoms. The van der Waals surface area contributed by atoms with Gasteiger partial charge in [0, 0.05) is 17.3 Å². The van der Waals surface area contributed by atoms with Gasteiger partial charge in [-0.15, -0.1) is 0 Å². The largest absolute Gasteiger partial charge is 0.392 e. The molecule has 1 aromatic heterocycles. The Balaban J connectivity index is 1.73. The van der Waals surface area contributed by atoms with Crippen LogP contribution in [0.25, 0.3) is 11.0 Å². The summed E-state index contributed by atoms with van der Waals surface area (Å²) in [6.45, 7) is 2.85. The number of imidazole rings is 1. The Morgan fingerprint density at radius 3 is 2.57 bits per heavy atom. The van der Waals surface area contributed by atoms with Crippen molar-refractivity contribution in [3.63, 3.8) is 0 Å². The van der Waals surface area contributed by atoms with Gasteiger partial charge in [0.25, 0.3) is 0 Å². The highest BCUT2D eigenvalue weighted by Gasteiger charge is 2.17. The van der Waals surface area contributed by atoms with Crippen LogP contribution >= 0.6 is 11.6 Å². The average molecular weight is 392 g/mol. The lowest BCUT2D eigenvalue weighted by Crippen LogP contribution is -2.14. The molecule has 0 spiro atoms. The van der Waals surface area contributed by atoms with Crippen molar-refractivity contribution in [1.29, 1.82) is 0 Å². The van der Waals surface area contributed by atoms with Gasteiger partial charge in [-0.1, -0.05) is 54.1 Å². The molecule has 0 bridgehead atoms. The molecule has 0 aliphatic heterocycles. The Hall–Kier alpha value is -2.82. The molecule has 1 heterocycles. The van der Waals surface area contributed by atoms with Crippen LogP contribution in [0, 0.1) is 0 Å². The zero-order chi connectivity index (χ0) is 19.5. The number of nitrogens with zero attached hydrogens (tertiary/aromatic N) is 2. The number of nitrogens with one attached hydrogen (secondary N) is 1. The Morgan fingerprint density at radius 2 is 1.79 bits per heavy atom. The number of hydrogen-bond acceptors (Lipinski definition) is 3. The number of aliphatic hydroxyl groups is 1. The molecule has 4 aromatic rings. The summed E-state index contributed by atoms with van der Waals surface area (Å²) >= 11 is 6.19. The standard InChI is InChI=1S/C23H22ClN3O/c1-16(25-20-9-5-8-18(12-20)15-28)23-26-21-13-19(24)10-11-22(21)27(23)14-17-6-3-2-4-7-17/h2-13,16,25,28H,14-15H2,1H3/t16-/m0/s1. The predicted octanol–water partition coefficient (Wildman–Crippen LogP) is 5.40. The van der Waals surface area contributed by atoms with Crippen molar-refractivity contribution in [2.45, 2.75) is 26.1 Å². The lowest BCUT2D eigenvalue weighted by Gasteiger charge is -2.18. The van der Waals surface area contributed by atoms with Gasteiger partial charge in [0.1, 0.15) is 5.82 Å². The summed E-state index contributed by atoms with van der Waals surface area (Å²) in [5.74, 6) is 0.940. The first kappa shape index (κ1) is 18.5. The van der Waals surface area contributed by atoms with Crippen molar-refractivity contribution in [3.05, 3.63) is 94.8 Å². The van der Waals surface area contributed by atoms with Gasteiger partial charge in [0.05, 0.1) is 23.7 Å². The summed E-state index contributed by atoms with van der Waals surface area (Å²) in [5.41, 5.74) is 4.99. The maximum absolute atomic E-state index is 9.39. The summed E-state index contributed by atoms with van der Waals surface area (Å²) in [6, 6.07) is 24.0. The quantitative estimate of drug-likeness (QED) is 0.462. The Morgan fingerprint density at radius 1 is 1.00 bits per heavy atom. The third-order valence-electron chi connectivity index (χ3n) is 4.80. The van der Waals surface area contributed by atoms with E-state index >= 15 is 0 Å². The highest BCUT2D eigenvalue weighted by atomic mass is 35.5. The van der Waals surface area contributed by atoms with Crippen LogP contribution in [0.15, 0.2) is 72.8 Å². The second-order valence-corrected chi connectivity index (χ2v) is 7.34. The number of halogens is 1. The minimum absolute atomic E-state index is 0.0227. The summed E-state index contributed by atoms with van der Waals surface area (Å²) in [5, 5.41) is 13.6. The van der Waals surface area contributed by atoms with Crippen LogP contribution < -0.4 is 5.32 Å². The molecule has 0 unspecified atom stereocenters. The van der Waals surface area contributed by atoms with Crippen molar-refractivity contribution in [1.82, 2.24) is 9.55 Å². The fraction of sp³-hybridized carbons (Fsp3) is 0.174. The molecule has 0 amide bonds. The van der Waals surface area contributed by atoms with E-state index in [1.54, 1.807) is 0 Å². The van der Waals surface area contributed by atoms with Crippen LogP contribution in [0.4, 0.5) is 5.69 Å². The van der Waals surface area contributed by atoms with Gasteiger partial charge >= 0.3 is 0 Å². The number of rotatable bonds is 6. The molecule has 4 rings (SSSR count). The van der Waals surface area contributed by atoms with E-state index in [1.807, 2.05) is 60.7 Å². The first-order valence-corrected chi connectivity index (χ1v) is 9.68. The number of aromatic nitrogens is 2. The fourth-order valence-electron chi connectivity index (χ4n) is 3.46. The Kier molecular flexibility index (Phi) is 5.33. The van der Waals surface area contributed by atoms with Crippen molar-refractivity contribution in [2.75, 3.05) is 5.32 Å². The lowest BCUT2D eigenvalue weighted by atomic mass is 10.2. The predicted molar refractivity (Wildman–Crippen MR) is 115 cm³/mol. The molecule has 2 N–H and O–H groups in total. The normalized spacial score (nSPS) is 12.2. The zero-order valence-electron chi connectivity index (χ0n) is 15.6. The van der Waals surface area contributed by atoms with Crippen LogP contribution in [0.1, 0.15) is 29.9 Å². The van der Waals surface area contributed by atoms with Gasteiger partial charge < -0.3 is 15.0 Å². The Bertz CT molecular complexity index is 1090. The van der Waals surface area contributed by atoms with E-state index in [-0.39, 0.29) is 12.6 Å². The molecule has 0 saturated heterocycles. The van der Waals surface area contributed by atoms with Gasteiger partial charge in [-0.25, -0.2) is 4.98 Å². The van der Waals surface area contributed by atoms with E-state index in [2.05, 4.69) is 28.9 Å². The van der Waals surface area contributed by atoms with Crippen molar-refractivity contribution in [3.8, 4) is 0 Å². The molecule has 3 aromatic carbocycles. The number of fused-ring (bicyclic) bond motifs is 1. The molecular weight excluding hydrogens is 370 g/mol. The highest BCUT2D eigenvalue weighted by Crippen LogP contribution is 2.27. The minimum Gasteiger partial charge on any atom is -0.392 e. The van der Waals surface area contributed by atoms with Crippen molar-refractivity contribution >= 4 is 28.3 Å². The molecule has 1 atom stereocenters. The van der Waals surface area contributed by atoms with Crippen molar-refractivity contribution < 1.29 is 5.11 Å². The van der Waals surface area contributed by atoms with Crippen LogP contribution in [0.5, 0.6) is 0 Å². The van der Waals surface area contributed by atoms with Gasteiger partial charge in [-0.3, -0.25) is 0 Å². The highest BCUT2D eigenvalue weighted by molar-refractivity contribution is 6.31. The molecule has 0 aliphatic rings. The fourth-order valence-corrected chi connectivity index (χ4v) is 3.62. The topological polar surface area (TPSA) is 50.1 Å². The van der Waals surface area contributed by atoms with Crippen LogP contribution in [-0.2, 0) is 13.2 Å². The van der Waals surface area contributed by atoms with E-state index < -0.39 is 0 Å². The number of aliphatic hydroxyl groups excluding tert-OH is 1. The van der Waals surface area contributed by atoms with E-state index in [4.69, 9.17) is 16.6 Å². The first-order chi connectivity index (χ1) is 13.6. The van der Waals surface area contributed by atoms with E-state index in [0.29, 0.717) is 5.02 Å². The molecule has 0 fully saturated rings. The molecule has 4 nitrogen and oxygen atoms in total. The van der Waals surface area contributed by atoms with Gasteiger partial charge in [-0.05, 0) is 48.4 Å². The van der Waals surface area contributed by atoms with Crippen LogP contribution in [0.2, 0.25) is 5.02 Å². The lowest BCUT2D eigenvalue weighted by molar-refractivity contribution is 0.282. The smallest absolute Gasteiger partial charge is 0.132 e. The second-order valence-electron chi connectivity index (χ2n) is 6.90. The van der Waals surface area contributed by atoms with Gasteiger partial charge in [0.2, 0.25) is 0 Å². The van der Waals surface area contributed by atoms with Crippen molar-refractivity contribution in [2.24, 2.45) is 0 Å². The zero-order valence-corrected chi connectivity index (χ0v) is 16.4.